The van der Waals surface area contributed by atoms with Gasteiger partial charge in [0.15, 0.2) is 0 Å². The van der Waals surface area contributed by atoms with Gasteiger partial charge in [-0.1, -0.05) is 24.3 Å². The summed E-state index contributed by atoms with van der Waals surface area (Å²) < 4.78 is 40.6. The zero-order valence-corrected chi connectivity index (χ0v) is 10.9. The van der Waals surface area contributed by atoms with E-state index in [1.807, 2.05) is 0 Å². The van der Waals surface area contributed by atoms with E-state index in [2.05, 4.69) is 10.1 Å². The summed E-state index contributed by atoms with van der Waals surface area (Å²) in [4.78, 5) is 12.2. The lowest BCUT2D eigenvalue weighted by Gasteiger charge is -2.13. The predicted octanol–water partition coefficient (Wildman–Crippen LogP) is 3.58. The summed E-state index contributed by atoms with van der Waals surface area (Å²) in [6.07, 6.45) is -4.76. The molecule has 0 unspecified atom stereocenters. The summed E-state index contributed by atoms with van der Waals surface area (Å²) >= 11 is 1.26. The zero-order valence-electron chi connectivity index (χ0n) is 10.1. The molecule has 0 aliphatic rings. The maximum atomic E-state index is 12.2. The van der Waals surface area contributed by atoms with Crippen LogP contribution in [0.2, 0.25) is 0 Å². The molecule has 0 aliphatic carbocycles. The average molecular weight is 301 g/mol. The minimum Gasteiger partial charge on any atom is -0.405 e. The summed E-state index contributed by atoms with van der Waals surface area (Å²) in [5.74, 6) is -0.645. The Morgan fingerprint density at radius 2 is 1.95 bits per heavy atom. The van der Waals surface area contributed by atoms with Gasteiger partial charge in [-0.25, -0.2) is 0 Å². The molecule has 0 saturated heterocycles. The molecule has 0 spiro atoms. The van der Waals surface area contributed by atoms with E-state index in [0.717, 1.165) is 0 Å². The normalized spacial score (nSPS) is 11.2. The molecule has 1 heterocycles. The van der Waals surface area contributed by atoms with E-state index in [1.54, 1.807) is 23.6 Å². The van der Waals surface area contributed by atoms with Crippen LogP contribution in [0, 0.1) is 0 Å². The van der Waals surface area contributed by atoms with Crippen LogP contribution in [0.3, 0.4) is 0 Å². The third-order valence-electron chi connectivity index (χ3n) is 2.38. The monoisotopic (exact) mass is 301 g/mol. The number of thiophene rings is 1. The molecule has 0 atom stereocenters. The van der Waals surface area contributed by atoms with Crippen LogP contribution in [0.25, 0.3) is 0 Å². The first-order chi connectivity index (χ1) is 9.46. The van der Waals surface area contributed by atoms with E-state index in [1.165, 1.54) is 29.5 Å². The largest absolute Gasteiger partial charge is 0.573 e. The smallest absolute Gasteiger partial charge is 0.405 e. The highest BCUT2D eigenvalue weighted by molar-refractivity contribution is 7.12. The van der Waals surface area contributed by atoms with E-state index in [9.17, 15) is 18.0 Å². The second-order valence-electron chi connectivity index (χ2n) is 3.82. The molecular formula is C13H10F3NO2S. The molecule has 3 nitrogen and oxygen atoms in total. The fraction of sp³-hybridized carbons (Fsp3) is 0.154. The van der Waals surface area contributed by atoms with Gasteiger partial charge in [0.2, 0.25) is 0 Å². The fourth-order valence-corrected chi connectivity index (χ4v) is 2.18. The molecule has 0 aliphatic heterocycles. The van der Waals surface area contributed by atoms with Crippen molar-refractivity contribution in [3.63, 3.8) is 0 Å². The lowest BCUT2D eigenvalue weighted by atomic mass is 10.2. The number of rotatable bonds is 4. The van der Waals surface area contributed by atoms with Crippen molar-refractivity contribution in [1.29, 1.82) is 0 Å². The molecular weight excluding hydrogens is 291 g/mol. The first-order valence-corrected chi connectivity index (χ1v) is 6.49. The van der Waals surface area contributed by atoms with Crippen molar-refractivity contribution in [2.75, 3.05) is 0 Å². The number of alkyl halides is 3. The van der Waals surface area contributed by atoms with Gasteiger partial charge < -0.3 is 10.1 Å². The number of carbonyl (C=O) groups excluding carboxylic acids is 1. The average Bonchev–Trinajstić information content (AvgIpc) is 2.89. The Bertz CT molecular complexity index is 582. The Hall–Kier alpha value is -2.02. The van der Waals surface area contributed by atoms with E-state index in [-0.39, 0.29) is 23.8 Å². The zero-order chi connectivity index (χ0) is 14.6. The maximum absolute atomic E-state index is 12.2. The fourth-order valence-electron chi connectivity index (χ4n) is 1.54. The topological polar surface area (TPSA) is 38.3 Å². The number of halogens is 3. The number of hydrogen-bond acceptors (Lipinski definition) is 3. The molecule has 7 heteroatoms. The maximum Gasteiger partial charge on any atom is 0.573 e. The molecule has 1 N–H and O–H groups in total. The quantitative estimate of drug-likeness (QED) is 0.937. The molecule has 0 radical (unpaired) electrons. The number of ether oxygens (including phenoxy) is 1. The van der Waals surface area contributed by atoms with Crippen molar-refractivity contribution in [3.8, 4) is 5.75 Å². The van der Waals surface area contributed by atoms with E-state index >= 15 is 0 Å². The number of carbonyl (C=O) groups is 1. The van der Waals surface area contributed by atoms with Gasteiger partial charge in [0.05, 0.1) is 4.88 Å². The van der Waals surface area contributed by atoms with Gasteiger partial charge in [-0.2, -0.15) is 0 Å². The van der Waals surface area contributed by atoms with Gasteiger partial charge in [-0.3, -0.25) is 4.79 Å². The summed E-state index contributed by atoms with van der Waals surface area (Å²) in [6, 6.07) is 9.05. The SMILES string of the molecule is O=C(NCc1ccccc1OC(F)(F)F)c1cccs1. The van der Waals surface area contributed by atoms with Gasteiger partial charge in [-0.15, -0.1) is 24.5 Å². The molecule has 1 aromatic carbocycles. The molecule has 20 heavy (non-hydrogen) atoms. The highest BCUT2D eigenvalue weighted by atomic mass is 32.1. The van der Waals surface area contributed by atoms with Crippen molar-refractivity contribution in [2.24, 2.45) is 0 Å². The van der Waals surface area contributed by atoms with Gasteiger partial charge in [0, 0.05) is 12.1 Å². The van der Waals surface area contributed by atoms with E-state index < -0.39 is 6.36 Å². The second-order valence-corrected chi connectivity index (χ2v) is 4.76. The van der Waals surface area contributed by atoms with Crippen molar-refractivity contribution in [2.45, 2.75) is 12.9 Å². The van der Waals surface area contributed by atoms with Gasteiger partial charge in [0.1, 0.15) is 5.75 Å². The summed E-state index contributed by atoms with van der Waals surface area (Å²) in [5, 5.41) is 4.30. The van der Waals surface area contributed by atoms with Crippen LogP contribution < -0.4 is 10.1 Å². The number of para-hydroxylation sites is 1. The first kappa shape index (κ1) is 14.4. The van der Waals surface area contributed by atoms with Crippen LogP contribution in [0.1, 0.15) is 15.2 Å². The van der Waals surface area contributed by atoms with Crippen LogP contribution in [0.15, 0.2) is 41.8 Å². The minimum atomic E-state index is -4.76. The van der Waals surface area contributed by atoms with Crippen molar-refractivity contribution in [1.82, 2.24) is 5.32 Å². The van der Waals surface area contributed by atoms with Crippen molar-refractivity contribution >= 4 is 17.2 Å². The Morgan fingerprint density at radius 1 is 1.20 bits per heavy atom. The molecule has 0 saturated carbocycles. The molecule has 106 valence electrons. The van der Waals surface area contributed by atoms with Crippen LogP contribution in [-0.2, 0) is 6.54 Å². The second kappa shape index (κ2) is 5.96. The van der Waals surface area contributed by atoms with Crippen LogP contribution in [0.4, 0.5) is 13.2 Å². The van der Waals surface area contributed by atoms with Gasteiger partial charge in [-0.05, 0) is 17.5 Å². The molecule has 1 amide bonds. The van der Waals surface area contributed by atoms with E-state index in [0.29, 0.717) is 4.88 Å². The number of amides is 1. The standard InChI is InChI=1S/C13H10F3NO2S/c14-13(15,16)19-10-5-2-1-4-9(10)8-17-12(18)11-6-3-7-20-11/h1-7H,8H2,(H,17,18). The lowest BCUT2D eigenvalue weighted by Crippen LogP contribution is -2.23. The summed E-state index contributed by atoms with van der Waals surface area (Å²) in [5.41, 5.74) is 0.259. The highest BCUT2D eigenvalue weighted by Gasteiger charge is 2.31. The van der Waals surface area contributed by atoms with Crippen LogP contribution in [0.5, 0.6) is 5.75 Å². The number of nitrogens with one attached hydrogen (secondary N) is 1. The molecule has 2 aromatic rings. The highest BCUT2D eigenvalue weighted by Crippen LogP contribution is 2.26. The minimum absolute atomic E-state index is 0.0387. The Kier molecular flexibility index (Phi) is 4.29. The Balaban J connectivity index is 2.04. The van der Waals surface area contributed by atoms with E-state index in [4.69, 9.17) is 0 Å². The first-order valence-electron chi connectivity index (χ1n) is 5.61. The third kappa shape index (κ3) is 3.99. The van der Waals surface area contributed by atoms with Crippen molar-refractivity contribution < 1.29 is 22.7 Å². The summed E-state index contributed by atoms with van der Waals surface area (Å²) in [7, 11) is 0. The Labute approximate surface area is 117 Å². The van der Waals surface area contributed by atoms with Crippen LogP contribution >= 0.6 is 11.3 Å². The Morgan fingerprint density at radius 3 is 2.60 bits per heavy atom. The van der Waals surface area contributed by atoms with Crippen LogP contribution in [-0.4, -0.2) is 12.3 Å². The molecule has 2 rings (SSSR count). The number of hydrogen-bond donors (Lipinski definition) is 1. The van der Waals surface area contributed by atoms with Gasteiger partial charge >= 0.3 is 6.36 Å². The lowest BCUT2D eigenvalue weighted by molar-refractivity contribution is -0.274. The molecule has 1 aromatic heterocycles. The van der Waals surface area contributed by atoms with Crippen molar-refractivity contribution in [3.05, 3.63) is 52.2 Å². The number of benzene rings is 1. The third-order valence-corrected chi connectivity index (χ3v) is 3.25. The van der Waals surface area contributed by atoms with Gasteiger partial charge in [0.25, 0.3) is 5.91 Å². The summed E-state index contributed by atoms with van der Waals surface area (Å²) in [6.45, 7) is -0.0387. The predicted molar refractivity (Wildman–Crippen MR) is 68.6 cm³/mol. The molecule has 0 bridgehead atoms. The molecule has 0 fully saturated rings.